The van der Waals surface area contributed by atoms with Crippen molar-refractivity contribution in [2.24, 2.45) is 23.7 Å². The second-order valence-electron chi connectivity index (χ2n) is 7.17. The maximum Gasteiger partial charge on any atom is 0.00979 e. The summed E-state index contributed by atoms with van der Waals surface area (Å²) in [6, 6.07) is 1.59. The maximum atomic E-state index is 4.01. The van der Waals surface area contributed by atoms with Crippen molar-refractivity contribution in [2.75, 3.05) is 0 Å². The quantitative estimate of drug-likeness (QED) is 0.758. The Morgan fingerprint density at radius 3 is 2.00 bits per heavy atom. The first kappa shape index (κ1) is 13.4. The molecule has 0 aliphatic heterocycles. The van der Waals surface area contributed by atoms with Crippen molar-refractivity contribution >= 4 is 0 Å². The first-order valence-corrected chi connectivity index (χ1v) is 7.82. The van der Waals surface area contributed by atoms with Crippen LogP contribution in [-0.4, -0.2) is 12.1 Å². The van der Waals surface area contributed by atoms with Crippen LogP contribution in [0.2, 0.25) is 0 Å². The summed E-state index contributed by atoms with van der Waals surface area (Å²) in [7, 11) is 0. The zero-order valence-corrected chi connectivity index (χ0v) is 12.2. The molecule has 6 unspecified atom stereocenters. The zero-order valence-electron chi connectivity index (χ0n) is 12.2. The molecule has 0 saturated heterocycles. The highest BCUT2D eigenvalue weighted by Crippen LogP contribution is 2.33. The number of hydrogen-bond acceptors (Lipinski definition) is 1. The van der Waals surface area contributed by atoms with Crippen molar-refractivity contribution < 1.29 is 0 Å². The molecule has 1 nitrogen and oxygen atoms in total. The van der Waals surface area contributed by atoms with Gasteiger partial charge in [0.25, 0.3) is 0 Å². The average Bonchev–Trinajstić information content (AvgIpc) is 2.27. The van der Waals surface area contributed by atoms with Crippen LogP contribution < -0.4 is 5.32 Å². The fourth-order valence-electron chi connectivity index (χ4n) is 3.95. The molecule has 2 fully saturated rings. The van der Waals surface area contributed by atoms with E-state index in [0.29, 0.717) is 0 Å². The van der Waals surface area contributed by atoms with E-state index in [1.807, 2.05) is 0 Å². The first-order valence-electron chi connectivity index (χ1n) is 7.82. The summed E-state index contributed by atoms with van der Waals surface area (Å²) in [5.41, 5.74) is 0. The summed E-state index contributed by atoms with van der Waals surface area (Å²) >= 11 is 0. The van der Waals surface area contributed by atoms with Gasteiger partial charge in [-0.1, -0.05) is 34.1 Å². The summed E-state index contributed by atoms with van der Waals surface area (Å²) in [6.45, 7) is 9.73. The van der Waals surface area contributed by atoms with Crippen LogP contribution in [0.15, 0.2) is 0 Å². The standard InChI is InChI=1S/C16H31N/c1-11-6-8-15(14(4)9-11)17-16-10-12(2)5-7-13(16)3/h11-17H,5-10H2,1-4H3. The molecule has 0 aromatic rings. The summed E-state index contributed by atoms with van der Waals surface area (Å²) in [5, 5.41) is 4.01. The van der Waals surface area contributed by atoms with Gasteiger partial charge in [-0.2, -0.15) is 0 Å². The molecule has 17 heavy (non-hydrogen) atoms. The van der Waals surface area contributed by atoms with E-state index in [2.05, 4.69) is 33.0 Å². The number of nitrogens with one attached hydrogen (secondary N) is 1. The van der Waals surface area contributed by atoms with Crippen LogP contribution in [0.1, 0.15) is 66.2 Å². The minimum atomic E-state index is 0.791. The van der Waals surface area contributed by atoms with Gasteiger partial charge in [0.15, 0.2) is 0 Å². The van der Waals surface area contributed by atoms with Gasteiger partial charge >= 0.3 is 0 Å². The van der Waals surface area contributed by atoms with Crippen LogP contribution in [-0.2, 0) is 0 Å². The molecule has 100 valence electrons. The molecule has 2 rings (SSSR count). The van der Waals surface area contributed by atoms with Crippen LogP contribution >= 0.6 is 0 Å². The second-order valence-corrected chi connectivity index (χ2v) is 7.17. The van der Waals surface area contributed by atoms with E-state index in [0.717, 1.165) is 35.8 Å². The molecule has 1 heteroatoms. The van der Waals surface area contributed by atoms with E-state index in [1.165, 1.54) is 38.5 Å². The number of rotatable bonds is 2. The Bertz CT molecular complexity index is 238. The molecule has 6 atom stereocenters. The molecule has 1 N–H and O–H groups in total. The van der Waals surface area contributed by atoms with Crippen molar-refractivity contribution in [3.05, 3.63) is 0 Å². The molecule has 0 spiro atoms. The Balaban J connectivity index is 1.86. The Labute approximate surface area is 108 Å². The van der Waals surface area contributed by atoms with Gasteiger partial charge in [0.2, 0.25) is 0 Å². The molecule has 0 bridgehead atoms. The smallest absolute Gasteiger partial charge is 0.00979 e. The molecule has 2 aliphatic rings. The molecule has 0 aromatic heterocycles. The molecule has 0 heterocycles. The lowest BCUT2D eigenvalue weighted by Gasteiger charge is -2.40. The van der Waals surface area contributed by atoms with Gasteiger partial charge < -0.3 is 5.32 Å². The second kappa shape index (κ2) is 5.73. The molecular formula is C16H31N. The molecule has 2 aliphatic carbocycles. The molecular weight excluding hydrogens is 206 g/mol. The lowest BCUT2D eigenvalue weighted by molar-refractivity contribution is 0.159. The van der Waals surface area contributed by atoms with Gasteiger partial charge in [-0.05, 0) is 55.8 Å². The summed E-state index contributed by atoms with van der Waals surface area (Å²) in [4.78, 5) is 0. The number of hydrogen-bond donors (Lipinski definition) is 1. The molecule has 2 saturated carbocycles. The molecule has 0 aromatic carbocycles. The highest BCUT2D eigenvalue weighted by atomic mass is 15.0. The van der Waals surface area contributed by atoms with Gasteiger partial charge in [0.1, 0.15) is 0 Å². The van der Waals surface area contributed by atoms with E-state index in [9.17, 15) is 0 Å². The third-order valence-electron chi connectivity index (χ3n) is 5.32. The van der Waals surface area contributed by atoms with Crippen LogP contribution in [0.3, 0.4) is 0 Å². The van der Waals surface area contributed by atoms with Gasteiger partial charge in [0.05, 0.1) is 0 Å². The SMILES string of the molecule is CC1CCC(NC2CC(C)CCC2C)C(C)C1. The molecule has 0 radical (unpaired) electrons. The summed E-state index contributed by atoms with van der Waals surface area (Å²) in [5.74, 6) is 3.65. The van der Waals surface area contributed by atoms with E-state index < -0.39 is 0 Å². The van der Waals surface area contributed by atoms with Crippen LogP contribution in [0.5, 0.6) is 0 Å². The largest absolute Gasteiger partial charge is 0.311 e. The van der Waals surface area contributed by atoms with E-state index >= 15 is 0 Å². The van der Waals surface area contributed by atoms with Crippen LogP contribution in [0.4, 0.5) is 0 Å². The average molecular weight is 237 g/mol. The first-order chi connectivity index (χ1) is 8.06. The van der Waals surface area contributed by atoms with E-state index in [4.69, 9.17) is 0 Å². The Morgan fingerprint density at radius 2 is 1.29 bits per heavy atom. The highest BCUT2D eigenvalue weighted by Gasteiger charge is 2.31. The fourth-order valence-corrected chi connectivity index (χ4v) is 3.95. The monoisotopic (exact) mass is 237 g/mol. The minimum Gasteiger partial charge on any atom is -0.311 e. The Hall–Kier alpha value is -0.0400. The van der Waals surface area contributed by atoms with Crippen molar-refractivity contribution in [1.29, 1.82) is 0 Å². The predicted molar refractivity (Wildman–Crippen MR) is 75.1 cm³/mol. The van der Waals surface area contributed by atoms with Crippen molar-refractivity contribution in [3.8, 4) is 0 Å². The van der Waals surface area contributed by atoms with Gasteiger partial charge in [-0.25, -0.2) is 0 Å². The van der Waals surface area contributed by atoms with Gasteiger partial charge in [-0.15, -0.1) is 0 Å². The fraction of sp³-hybridized carbons (Fsp3) is 1.00. The topological polar surface area (TPSA) is 12.0 Å². The molecule has 0 amide bonds. The van der Waals surface area contributed by atoms with Crippen molar-refractivity contribution in [2.45, 2.75) is 78.3 Å². The summed E-state index contributed by atoms with van der Waals surface area (Å²) < 4.78 is 0. The highest BCUT2D eigenvalue weighted by molar-refractivity contribution is 4.88. The van der Waals surface area contributed by atoms with E-state index in [1.54, 1.807) is 0 Å². The van der Waals surface area contributed by atoms with Crippen LogP contribution in [0, 0.1) is 23.7 Å². The van der Waals surface area contributed by atoms with Crippen molar-refractivity contribution in [1.82, 2.24) is 5.32 Å². The normalized spacial score (nSPS) is 48.0. The maximum absolute atomic E-state index is 4.01. The lowest BCUT2D eigenvalue weighted by Crippen LogP contribution is -2.49. The third kappa shape index (κ3) is 3.47. The van der Waals surface area contributed by atoms with Crippen LogP contribution in [0.25, 0.3) is 0 Å². The van der Waals surface area contributed by atoms with E-state index in [-0.39, 0.29) is 0 Å². The predicted octanol–water partition coefficient (Wildman–Crippen LogP) is 4.23. The van der Waals surface area contributed by atoms with Crippen molar-refractivity contribution in [3.63, 3.8) is 0 Å². The minimum absolute atomic E-state index is 0.791. The lowest BCUT2D eigenvalue weighted by atomic mass is 9.76. The zero-order chi connectivity index (χ0) is 12.4. The summed E-state index contributed by atoms with van der Waals surface area (Å²) in [6.07, 6.45) is 8.53. The Morgan fingerprint density at radius 1 is 0.647 bits per heavy atom. The van der Waals surface area contributed by atoms with Gasteiger partial charge in [-0.3, -0.25) is 0 Å². The van der Waals surface area contributed by atoms with Gasteiger partial charge in [0, 0.05) is 12.1 Å². The Kier molecular flexibility index (Phi) is 4.52. The third-order valence-corrected chi connectivity index (χ3v) is 5.32.